The van der Waals surface area contributed by atoms with Gasteiger partial charge in [-0.1, -0.05) is 17.7 Å². The summed E-state index contributed by atoms with van der Waals surface area (Å²) in [6.07, 6.45) is 5.67. The molecular formula is C18H28N2. The molecule has 0 bridgehead atoms. The minimum absolute atomic E-state index is 0.921. The minimum atomic E-state index is 0.921. The molecule has 1 unspecified atom stereocenters. The molecular weight excluding hydrogens is 244 g/mol. The van der Waals surface area contributed by atoms with Crippen LogP contribution in [0, 0.1) is 18.8 Å². The first-order valence-corrected chi connectivity index (χ1v) is 8.21. The number of hydrogen-bond acceptors (Lipinski definition) is 2. The first-order valence-electron chi connectivity index (χ1n) is 8.21. The third kappa shape index (κ3) is 3.35. The quantitative estimate of drug-likeness (QED) is 0.830. The molecule has 0 aliphatic carbocycles. The lowest BCUT2D eigenvalue weighted by Gasteiger charge is -2.30. The van der Waals surface area contributed by atoms with Gasteiger partial charge in [-0.15, -0.1) is 0 Å². The Morgan fingerprint density at radius 3 is 2.30 bits per heavy atom. The van der Waals surface area contributed by atoms with Gasteiger partial charge < -0.3 is 9.80 Å². The zero-order valence-electron chi connectivity index (χ0n) is 13.0. The van der Waals surface area contributed by atoms with E-state index in [4.69, 9.17) is 0 Å². The van der Waals surface area contributed by atoms with Gasteiger partial charge in [-0.05, 0) is 76.7 Å². The van der Waals surface area contributed by atoms with Crippen LogP contribution in [0.5, 0.6) is 0 Å². The Morgan fingerprint density at radius 1 is 0.950 bits per heavy atom. The fourth-order valence-electron chi connectivity index (χ4n) is 3.78. The van der Waals surface area contributed by atoms with E-state index < -0.39 is 0 Å². The van der Waals surface area contributed by atoms with E-state index in [1.54, 1.807) is 0 Å². The van der Waals surface area contributed by atoms with Crippen LogP contribution in [0.1, 0.15) is 31.2 Å². The maximum atomic E-state index is 2.58. The van der Waals surface area contributed by atoms with Gasteiger partial charge >= 0.3 is 0 Å². The van der Waals surface area contributed by atoms with E-state index in [2.05, 4.69) is 48.0 Å². The number of rotatable bonds is 3. The number of piperidine rings is 1. The van der Waals surface area contributed by atoms with Gasteiger partial charge in [0.15, 0.2) is 0 Å². The Kier molecular flexibility index (Phi) is 4.30. The van der Waals surface area contributed by atoms with Crippen LogP contribution < -0.4 is 4.90 Å². The van der Waals surface area contributed by atoms with Crippen molar-refractivity contribution in [1.82, 2.24) is 4.90 Å². The van der Waals surface area contributed by atoms with E-state index in [1.165, 1.54) is 63.1 Å². The highest BCUT2D eigenvalue weighted by Crippen LogP contribution is 2.31. The summed E-state index contributed by atoms with van der Waals surface area (Å²) < 4.78 is 0. The summed E-state index contributed by atoms with van der Waals surface area (Å²) in [6.45, 7) is 7.30. The minimum Gasteiger partial charge on any atom is -0.371 e. The summed E-state index contributed by atoms with van der Waals surface area (Å²) in [4.78, 5) is 5.06. The van der Waals surface area contributed by atoms with Crippen LogP contribution in [-0.4, -0.2) is 38.1 Å². The molecule has 2 saturated heterocycles. The van der Waals surface area contributed by atoms with Crippen molar-refractivity contribution in [3.63, 3.8) is 0 Å². The Bertz CT molecular complexity index is 418. The molecule has 2 fully saturated rings. The average Bonchev–Trinajstić information content (AvgIpc) is 2.91. The third-order valence-corrected chi connectivity index (χ3v) is 5.19. The Hall–Kier alpha value is -1.02. The van der Waals surface area contributed by atoms with Crippen molar-refractivity contribution in [1.29, 1.82) is 0 Å². The zero-order valence-corrected chi connectivity index (χ0v) is 13.0. The molecule has 2 heterocycles. The number of likely N-dealkylation sites (tertiary alicyclic amines) is 1. The highest BCUT2D eigenvalue weighted by atomic mass is 15.1. The molecule has 2 aliphatic heterocycles. The maximum absolute atomic E-state index is 2.58. The number of anilines is 1. The van der Waals surface area contributed by atoms with Crippen LogP contribution in [0.3, 0.4) is 0 Å². The van der Waals surface area contributed by atoms with Crippen molar-refractivity contribution in [2.75, 3.05) is 38.1 Å². The maximum Gasteiger partial charge on any atom is 0.0366 e. The molecule has 110 valence electrons. The standard InChI is InChI=1S/C18H28N2/c1-15-3-5-18(6-4-15)20-12-9-17(14-20)13-16-7-10-19(2)11-8-16/h3-6,16-17H,7-14H2,1-2H3. The Labute approximate surface area is 123 Å². The molecule has 2 heteroatoms. The van der Waals surface area contributed by atoms with Gasteiger partial charge in [0.2, 0.25) is 0 Å². The van der Waals surface area contributed by atoms with Gasteiger partial charge in [0.1, 0.15) is 0 Å². The van der Waals surface area contributed by atoms with Gasteiger partial charge in [-0.25, -0.2) is 0 Å². The summed E-state index contributed by atoms with van der Waals surface area (Å²) >= 11 is 0. The molecule has 0 saturated carbocycles. The summed E-state index contributed by atoms with van der Waals surface area (Å²) in [5, 5.41) is 0. The molecule has 1 aromatic rings. The average molecular weight is 272 g/mol. The lowest BCUT2D eigenvalue weighted by Crippen LogP contribution is -2.31. The molecule has 0 spiro atoms. The van der Waals surface area contributed by atoms with Crippen molar-refractivity contribution in [3.8, 4) is 0 Å². The van der Waals surface area contributed by atoms with Gasteiger partial charge in [-0.2, -0.15) is 0 Å². The second-order valence-electron chi connectivity index (χ2n) is 6.92. The van der Waals surface area contributed by atoms with E-state index in [-0.39, 0.29) is 0 Å². The number of nitrogens with zero attached hydrogens (tertiary/aromatic N) is 2. The van der Waals surface area contributed by atoms with Crippen LogP contribution >= 0.6 is 0 Å². The lowest BCUT2D eigenvalue weighted by molar-refractivity contribution is 0.198. The molecule has 2 aliphatic rings. The van der Waals surface area contributed by atoms with Gasteiger partial charge in [-0.3, -0.25) is 0 Å². The van der Waals surface area contributed by atoms with Crippen molar-refractivity contribution in [2.24, 2.45) is 11.8 Å². The van der Waals surface area contributed by atoms with Crippen molar-refractivity contribution < 1.29 is 0 Å². The predicted octanol–water partition coefficient (Wildman–Crippen LogP) is 3.55. The van der Waals surface area contributed by atoms with Crippen LogP contribution in [0.2, 0.25) is 0 Å². The molecule has 0 amide bonds. The van der Waals surface area contributed by atoms with Gasteiger partial charge in [0, 0.05) is 18.8 Å². The van der Waals surface area contributed by atoms with Crippen molar-refractivity contribution >= 4 is 5.69 Å². The summed E-state index contributed by atoms with van der Waals surface area (Å²) in [6, 6.07) is 9.04. The molecule has 20 heavy (non-hydrogen) atoms. The smallest absolute Gasteiger partial charge is 0.0366 e. The van der Waals surface area contributed by atoms with Crippen LogP contribution in [0.25, 0.3) is 0 Å². The summed E-state index contributed by atoms with van der Waals surface area (Å²) in [7, 11) is 2.25. The monoisotopic (exact) mass is 272 g/mol. The van der Waals surface area contributed by atoms with E-state index in [0.29, 0.717) is 0 Å². The molecule has 3 rings (SSSR count). The largest absolute Gasteiger partial charge is 0.371 e. The SMILES string of the molecule is Cc1ccc(N2CCC(CC3CCN(C)CC3)C2)cc1. The van der Waals surface area contributed by atoms with Crippen LogP contribution in [0.15, 0.2) is 24.3 Å². The topological polar surface area (TPSA) is 6.48 Å². The first-order chi connectivity index (χ1) is 9.70. The van der Waals surface area contributed by atoms with Crippen LogP contribution in [0.4, 0.5) is 5.69 Å². The summed E-state index contributed by atoms with van der Waals surface area (Å²) in [5.41, 5.74) is 2.78. The van der Waals surface area contributed by atoms with E-state index in [0.717, 1.165) is 11.8 Å². The molecule has 0 N–H and O–H groups in total. The first kappa shape index (κ1) is 13.9. The Balaban J connectivity index is 1.50. The van der Waals surface area contributed by atoms with Crippen molar-refractivity contribution in [2.45, 2.75) is 32.6 Å². The zero-order chi connectivity index (χ0) is 13.9. The van der Waals surface area contributed by atoms with E-state index in [1.807, 2.05) is 0 Å². The van der Waals surface area contributed by atoms with E-state index in [9.17, 15) is 0 Å². The van der Waals surface area contributed by atoms with Crippen LogP contribution in [-0.2, 0) is 0 Å². The second-order valence-corrected chi connectivity index (χ2v) is 6.92. The predicted molar refractivity (Wildman–Crippen MR) is 86.3 cm³/mol. The van der Waals surface area contributed by atoms with Gasteiger partial charge in [0.25, 0.3) is 0 Å². The third-order valence-electron chi connectivity index (χ3n) is 5.19. The second kappa shape index (κ2) is 6.17. The molecule has 1 atom stereocenters. The van der Waals surface area contributed by atoms with E-state index >= 15 is 0 Å². The van der Waals surface area contributed by atoms with Gasteiger partial charge in [0.05, 0.1) is 0 Å². The molecule has 2 nitrogen and oxygen atoms in total. The normalized spacial score (nSPS) is 25.3. The highest BCUT2D eigenvalue weighted by Gasteiger charge is 2.26. The number of aryl methyl sites for hydroxylation is 1. The number of benzene rings is 1. The molecule has 0 radical (unpaired) electrons. The lowest BCUT2D eigenvalue weighted by atomic mass is 9.87. The number of hydrogen-bond donors (Lipinski definition) is 0. The molecule has 1 aromatic carbocycles. The fraction of sp³-hybridized carbons (Fsp3) is 0.667. The fourth-order valence-corrected chi connectivity index (χ4v) is 3.78. The highest BCUT2D eigenvalue weighted by molar-refractivity contribution is 5.48. The van der Waals surface area contributed by atoms with Crippen molar-refractivity contribution in [3.05, 3.63) is 29.8 Å². The molecule has 0 aromatic heterocycles. The summed E-state index contributed by atoms with van der Waals surface area (Å²) in [5.74, 6) is 1.90. The Morgan fingerprint density at radius 2 is 1.60 bits per heavy atom.